The van der Waals surface area contributed by atoms with Crippen LogP contribution in [0.5, 0.6) is 5.75 Å². The molecule has 0 heterocycles. The zero-order chi connectivity index (χ0) is 16.8. The van der Waals surface area contributed by atoms with Crippen LogP contribution in [0.3, 0.4) is 0 Å². The number of benzene rings is 2. The second-order valence-electron chi connectivity index (χ2n) is 4.88. The first-order valence-electron chi connectivity index (χ1n) is 6.79. The van der Waals surface area contributed by atoms with Crippen molar-refractivity contribution in [3.8, 4) is 11.8 Å². The van der Waals surface area contributed by atoms with Crippen LogP contribution in [-0.4, -0.2) is 24.5 Å². The summed E-state index contributed by atoms with van der Waals surface area (Å²) in [6, 6.07) is 14.6. The van der Waals surface area contributed by atoms with Crippen molar-refractivity contribution >= 4 is 5.91 Å². The molecule has 0 aromatic heterocycles. The number of halogens is 2. The SMILES string of the molecule is CN(Cc1ccc(C#N)cc1)C(=O)c1cccc(OC(F)F)c1. The summed E-state index contributed by atoms with van der Waals surface area (Å²) in [4.78, 5) is 13.8. The highest BCUT2D eigenvalue weighted by Gasteiger charge is 2.14. The molecule has 0 bridgehead atoms. The highest BCUT2D eigenvalue weighted by Crippen LogP contribution is 2.17. The lowest BCUT2D eigenvalue weighted by Crippen LogP contribution is -2.26. The Kier molecular flexibility index (Phi) is 5.26. The van der Waals surface area contributed by atoms with Gasteiger partial charge in [0, 0.05) is 19.2 Å². The van der Waals surface area contributed by atoms with Crippen LogP contribution in [0.25, 0.3) is 0 Å². The Balaban J connectivity index is 2.08. The van der Waals surface area contributed by atoms with Crippen molar-refractivity contribution in [1.82, 2.24) is 4.90 Å². The zero-order valence-electron chi connectivity index (χ0n) is 12.4. The van der Waals surface area contributed by atoms with E-state index in [1.165, 1.54) is 29.2 Å². The molecular formula is C17H14F2N2O2. The van der Waals surface area contributed by atoms with Crippen LogP contribution in [0.1, 0.15) is 21.5 Å². The highest BCUT2D eigenvalue weighted by molar-refractivity contribution is 5.94. The van der Waals surface area contributed by atoms with E-state index in [1.807, 2.05) is 6.07 Å². The molecule has 0 unspecified atom stereocenters. The molecule has 0 spiro atoms. The number of hydrogen-bond acceptors (Lipinski definition) is 3. The Morgan fingerprint density at radius 2 is 1.96 bits per heavy atom. The molecule has 0 aliphatic heterocycles. The molecule has 2 rings (SSSR count). The van der Waals surface area contributed by atoms with Crippen LogP contribution in [0, 0.1) is 11.3 Å². The standard InChI is InChI=1S/C17H14F2N2O2/c1-21(11-13-7-5-12(10-20)6-8-13)16(22)14-3-2-4-15(9-14)23-17(18)19/h2-9,17H,11H2,1H3. The van der Waals surface area contributed by atoms with E-state index in [0.717, 1.165) is 5.56 Å². The zero-order valence-corrected chi connectivity index (χ0v) is 12.4. The van der Waals surface area contributed by atoms with Gasteiger partial charge in [-0.1, -0.05) is 18.2 Å². The number of nitrogens with zero attached hydrogens (tertiary/aromatic N) is 2. The van der Waals surface area contributed by atoms with Crippen molar-refractivity contribution in [2.75, 3.05) is 7.05 Å². The second-order valence-corrected chi connectivity index (χ2v) is 4.88. The number of carbonyl (C=O) groups is 1. The topological polar surface area (TPSA) is 53.3 Å². The largest absolute Gasteiger partial charge is 0.435 e. The van der Waals surface area contributed by atoms with Gasteiger partial charge < -0.3 is 9.64 Å². The number of hydrogen-bond donors (Lipinski definition) is 0. The maximum atomic E-state index is 12.3. The normalized spacial score (nSPS) is 10.2. The lowest BCUT2D eigenvalue weighted by atomic mass is 10.1. The van der Waals surface area contributed by atoms with Crippen molar-refractivity contribution in [1.29, 1.82) is 5.26 Å². The summed E-state index contributed by atoms with van der Waals surface area (Å²) in [6.07, 6.45) is 0. The minimum absolute atomic E-state index is 0.0578. The number of alkyl halides is 2. The first kappa shape index (κ1) is 16.4. The van der Waals surface area contributed by atoms with Gasteiger partial charge in [0.1, 0.15) is 5.75 Å². The predicted molar refractivity (Wildman–Crippen MR) is 80.0 cm³/mol. The molecule has 0 saturated heterocycles. The van der Waals surface area contributed by atoms with Crippen molar-refractivity contribution in [3.05, 3.63) is 65.2 Å². The fourth-order valence-corrected chi connectivity index (χ4v) is 2.06. The molecule has 2 aromatic carbocycles. The molecule has 2 aromatic rings. The van der Waals surface area contributed by atoms with Gasteiger partial charge in [0.2, 0.25) is 0 Å². The maximum Gasteiger partial charge on any atom is 0.387 e. The van der Waals surface area contributed by atoms with E-state index in [-0.39, 0.29) is 17.2 Å². The van der Waals surface area contributed by atoms with Crippen molar-refractivity contribution in [2.24, 2.45) is 0 Å². The Bertz CT molecular complexity index is 724. The molecular weight excluding hydrogens is 302 g/mol. The minimum atomic E-state index is -2.93. The molecule has 118 valence electrons. The third-order valence-electron chi connectivity index (χ3n) is 3.16. The van der Waals surface area contributed by atoms with Crippen LogP contribution in [0.4, 0.5) is 8.78 Å². The monoisotopic (exact) mass is 316 g/mol. The van der Waals surface area contributed by atoms with Gasteiger partial charge >= 0.3 is 6.61 Å². The first-order chi connectivity index (χ1) is 11.0. The number of ether oxygens (including phenoxy) is 1. The predicted octanol–water partition coefficient (Wildman–Crippen LogP) is 3.43. The van der Waals surface area contributed by atoms with Crippen LogP contribution in [0.2, 0.25) is 0 Å². The van der Waals surface area contributed by atoms with Gasteiger partial charge in [0.15, 0.2) is 0 Å². The van der Waals surface area contributed by atoms with Crippen molar-refractivity contribution < 1.29 is 18.3 Å². The van der Waals surface area contributed by atoms with Crippen LogP contribution < -0.4 is 4.74 Å². The van der Waals surface area contributed by atoms with E-state index >= 15 is 0 Å². The number of rotatable bonds is 5. The van der Waals surface area contributed by atoms with Gasteiger partial charge in [-0.15, -0.1) is 0 Å². The molecule has 23 heavy (non-hydrogen) atoms. The molecule has 0 radical (unpaired) electrons. The molecule has 6 heteroatoms. The van der Waals surface area contributed by atoms with Gasteiger partial charge in [0.05, 0.1) is 11.6 Å². The number of nitriles is 1. The fourth-order valence-electron chi connectivity index (χ4n) is 2.06. The molecule has 0 fully saturated rings. The van der Waals surface area contributed by atoms with E-state index < -0.39 is 6.61 Å². The highest BCUT2D eigenvalue weighted by atomic mass is 19.3. The Morgan fingerprint density at radius 1 is 1.26 bits per heavy atom. The Hall–Kier alpha value is -2.94. The van der Waals surface area contributed by atoms with E-state index in [4.69, 9.17) is 5.26 Å². The molecule has 0 atom stereocenters. The summed E-state index contributed by atoms with van der Waals surface area (Å²) < 4.78 is 28.7. The summed E-state index contributed by atoms with van der Waals surface area (Å²) in [5.74, 6) is -0.369. The molecule has 0 N–H and O–H groups in total. The average molecular weight is 316 g/mol. The molecule has 0 aliphatic carbocycles. The molecule has 0 saturated carbocycles. The van der Waals surface area contributed by atoms with E-state index in [2.05, 4.69) is 4.74 Å². The summed E-state index contributed by atoms with van der Waals surface area (Å²) >= 11 is 0. The number of carbonyl (C=O) groups excluding carboxylic acids is 1. The van der Waals surface area contributed by atoms with Gasteiger partial charge in [-0.2, -0.15) is 14.0 Å². The average Bonchev–Trinajstić information content (AvgIpc) is 2.54. The van der Waals surface area contributed by atoms with Gasteiger partial charge in [-0.3, -0.25) is 4.79 Å². The van der Waals surface area contributed by atoms with Gasteiger partial charge in [0.25, 0.3) is 5.91 Å². The molecule has 4 nitrogen and oxygen atoms in total. The lowest BCUT2D eigenvalue weighted by molar-refractivity contribution is -0.0499. The summed E-state index contributed by atoms with van der Waals surface area (Å²) in [7, 11) is 1.61. The van der Waals surface area contributed by atoms with Crippen LogP contribution >= 0.6 is 0 Å². The fraction of sp³-hybridized carbons (Fsp3) is 0.176. The molecule has 0 aliphatic rings. The van der Waals surface area contributed by atoms with Crippen molar-refractivity contribution in [3.63, 3.8) is 0 Å². The second kappa shape index (κ2) is 7.36. The Labute approximate surface area is 132 Å². The summed E-state index contributed by atoms with van der Waals surface area (Å²) in [5.41, 5.74) is 1.67. The minimum Gasteiger partial charge on any atom is -0.435 e. The summed E-state index contributed by atoms with van der Waals surface area (Å²) in [5, 5.41) is 8.76. The van der Waals surface area contributed by atoms with Gasteiger partial charge in [-0.25, -0.2) is 0 Å². The Morgan fingerprint density at radius 3 is 2.57 bits per heavy atom. The quantitative estimate of drug-likeness (QED) is 0.849. The lowest BCUT2D eigenvalue weighted by Gasteiger charge is -2.18. The smallest absolute Gasteiger partial charge is 0.387 e. The number of amides is 1. The maximum absolute atomic E-state index is 12.3. The van der Waals surface area contributed by atoms with Gasteiger partial charge in [-0.05, 0) is 35.9 Å². The van der Waals surface area contributed by atoms with Crippen molar-refractivity contribution in [2.45, 2.75) is 13.2 Å². The third kappa shape index (κ3) is 4.51. The van der Waals surface area contributed by atoms with E-state index in [0.29, 0.717) is 12.1 Å². The van der Waals surface area contributed by atoms with E-state index in [9.17, 15) is 13.6 Å². The summed E-state index contributed by atoms with van der Waals surface area (Å²) in [6.45, 7) is -2.60. The van der Waals surface area contributed by atoms with Crippen LogP contribution in [-0.2, 0) is 6.54 Å². The third-order valence-corrected chi connectivity index (χ3v) is 3.16. The van der Waals surface area contributed by atoms with Crippen LogP contribution in [0.15, 0.2) is 48.5 Å². The molecule has 1 amide bonds. The van der Waals surface area contributed by atoms with E-state index in [1.54, 1.807) is 31.3 Å². The first-order valence-corrected chi connectivity index (χ1v) is 6.79.